The largest absolute Gasteiger partial charge is 0.451 e. The smallest absolute Gasteiger partial charge is 0.416 e. The Morgan fingerprint density at radius 2 is 1.67 bits per heavy atom. The molecule has 0 unspecified atom stereocenters. The minimum atomic E-state index is -4.49. The van der Waals surface area contributed by atoms with E-state index in [1.54, 1.807) is 19.1 Å². The fourth-order valence-corrected chi connectivity index (χ4v) is 2.87. The Labute approximate surface area is 153 Å². The number of esters is 1. The van der Waals surface area contributed by atoms with Gasteiger partial charge in [-0.15, -0.1) is 0 Å². The van der Waals surface area contributed by atoms with Crippen LogP contribution in [0.3, 0.4) is 0 Å². The van der Waals surface area contributed by atoms with Crippen molar-refractivity contribution in [1.82, 2.24) is 4.98 Å². The average Bonchev–Trinajstić information content (AvgIpc) is 2.96. The summed E-state index contributed by atoms with van der Waals surface area (Å²) in [4.78, 5) is 28.0. The molecular formula is C20H16F3NO3. The molecule has 0 aliphatic carbocycles. The first-order valence-corrected chi connectivity index (χ1v) is 8.18. The predicted octanol–water partition coefficient (Wildman–Crippen LogP) is 4.92. The van der Waals surface area contributed by atoms with Gasteiger partial charge in [-0.25, -0.2) is 4.79 Å². The number of ether oxygens (including phenoxy) is 1. The monoisotopic (exact) mass is 375 g/mol. The zero-order chi connectivity index (χ0) is 19.8. The van der Waals surface area contributed by atoms with E-state index in [0.717, 1.165) is 35.2 Å². The Balaban J connectivity index is 1.78. The van der Waals surface area contributed by atoms with Crippen LogP contribution in [0.5, 0.6) is 0 Å². The Hall–Kier alpha value is -3.09. The number of carbonyl (C=O) groups is 2. The molecular weight excluding hydrogens is 359 g/mol. The number of rotatable bonds is 4. The first kappa shape index (κ1) is 18.7. The van der Waals surface area contributed by atoms with Crippen molar-refractivity contribution in [3.05, 3.63) is 70.9 Å². The number of carbonyl (C=O) groups excluding carboxylic acids is 2. The molecule has 3 aromatic rings. The number of nitrogens with one attached hydrogen (secondary N) is 1. The van der Waals surface area contributed by atoms with Gasteiger partial charge in [-0.05, 0) is 44.2 Å². The van der Waals surface area contributed by atoms with Gasteiger partial charge in [0.25, 0.3) is 0 Å². The van der Waals surface area contributed by atoms with Gasteiger partial charge >= 0.3 is 12.1 Å². The maximum absolute atomic E-state index is 12.7. The summed E-state index contributed by atoms with van der Waals surface area (Å²) in [5, 5.41) is 0.720. The molecule has 0 radical (unpaired) electrons. The molecule has 0 aliphatic heterocycles. The normalized spacial score (nSPS) is 12.8. The lowest BCUT2D eigenvalue weighted by atomic mass is 10.0. The molecule has 0 fully saturated rings. The summed E-state index contributed by atoms with van der Waals surface area (Å²) < 4.78 is 43.0. The second kappa shape index (κ2) is 6.90. The van der Waals surface area contributed by atoms with Crippen LogP contribution in [0.1, 0.15) is 38.9 Å². The second-order valence-corrected chi connectivity index (χ2v) is 6.16. The summed E-state index contributed by atoms with van der Waals surface area (Å²) in [5.74, 6) is -1.24. The van der Waals surface area contributed by atoms with Gasteiger partial charge in [-0.2, -0.15) is 13.2 Å². The number of para-hydroxylation sites is 1. The summed E-state index contributed by atoms with van der Waals surface area (Å²) in [5.41, 5.74) is 0.951. The van der Waals surface area contributed by atoms with Crippen LogP contribution in [-0.4, -0.2) is 22.8 Å². The number of ketones is 1. The highest BCUT2D eigenvalue weighted by Gasteiger charge is 2.30. The number of halogens is 3. The molecule has 0 saturated carbocycles. The Kier molecular flexibility index (Phi) is 4.78. The van der Waals surface area contributed by atoms with Crippen LogP contribution in [0, 0.1) is 6.92 Å². The summed E-state index contributed by atoms with van der Waals surface area (Å²) in [7, 11) is 0. The van der Waals surface area contributed by atoms with Crippen LogP contribution < -0.4 is 0 Å². The minimum absolute atomic E-state index is 0.0571. The van der Waals surface area contributed by atoms with Crippen LogP contribution in [-0.2, 0) is 10.9 Å². The third-order valence-corrected chi connectivity index (χ3v) is 4.24. The van der Waals surface area contributed by atoms with Gasteiger partial charge in [0.1, 0.15) is 0 Å². The van der Waals surface area contributed by atoms with Crippen LogP contribution >= 0.6 is 0 Å². The van der Waals surface area contributed by atoms with Crippen molar-refractivity contribution in [3.8, 4) is 0 Å². The standard InChI is InChI=1S/C20H16F3NO3/c1-11-17(15-5-3-4-6-16(15)24-11)18(25)12(2)27-19(26)13-7-9-14(10-8-13)20(21,22)23/h3-10,12,24H,1-2H3/t12-/m1/s1. The molecule has 1 N–H and O–H groups in total. The SMILES string of the molecule is Cc1[nH]c2ccccc2c1C(=O)[C@@H](C)OC(=O)c1ccc(C(F)(F)F)cc1. The van der Waals surface area contributed by atoms with Gasteiger partial charge < -0.3 is 9.72 Å². The summed E-state index contributed by atoms with van der Waals surface area (Å²) in [6.45, 7) is 3.18. The van der Waals surface area contributed by atoms with Crippen LogP contribution in [0.2, 0.25) is 0 Å². The summed E-state index contributed by atoms with van der Waals surface area (Å²) >= 11 is 0. The molecule has 2 aromatic carbocycles. The van der Waals surface area contributed by atoms with Crippen molar-refractivity contribution in [1.29, 1.82) is 0 Å². The van der Waals surface area contributed by atoms with Crippen molar-refractivity contribution in [3.63, 3.8) is 0 Å². The minimum Gasteiger partial charge on any atom is -0.451 e. The quantitative estimate of drug-likeness (QED) is 0.520. The van der Waals surface area contributed by atoms with E-state index in [2.05, 4.69) is 4.98 Å². The first-order valence-electron chi connectivity index (χ1n) is 8.18. The van der Waals surface area contributed by atoms with E-state index >= 15 is 0 Å². The zero-order valence-corrected chi connectivity index (χ0v) is 14.6. The van der Waals surface area contributed by atoms with Crippen LogP contribution in [0.15, 0.2) is 48.5 Å². The lowest BCUT2D eigenvalue weighted by molar-refractivity contribution is -0.137. The van der Waals surface area contributed by atoms with Crippen molar-refractivity contribution in [2.24, 2.45) is 0 Å². The molecule has 0 spiro atoms. The molecule has 4 nitrogen and oxygen atoms in total. The number of aryl methyl sites for hydroxylation is 1. The van der Waals surface area contributed by atoms with Crippen LogP contribution in [0.25, 0.3) is 10.9 Å². The zero-order valence-electron chi connectivity index (χ0n) is 14.6. The summed E-state index contributed by atoms with van der Waals surface area (Å²) in [6, 6.07) is 10.9. The number of fused-ring (bicyclic) bond motifs is 1. The van der Waals surface area contributed by atoms with E-state index in [4.69, 9.17) is 4.74 Å². The molecule has 3 rings (SSSR count). The third-order valence-electron chi connectivity index (χ3n) is 4.24. The van der Waals surface area contributed by atoms with E-state index in [1.165, 1.54) is 6.92 Å². The van der Waals surface area contributed by atoms with Gasteiger partial charge in [0.05, 0.1) is 11.1 Å². The Morgan fingerprint density at radius 1 is 1.04 bits per heavy atom. The Morgan fingerprint density at radius 3 is 2.30 bits per heavy atom. The topological polar surface area (TPSA) is 59.2 Å². The van der Waals surface area contributed by atoms with E-state index in [0.29, 0.717) is 11.3 Å². The number of H-pyrrole nitrogens is 1. The number of alkyl halides is 3. The highest BCUT2D eigenvalue weighted by molar-refractivity contribution is 6.11. The number of aromatic amines is 1. The maximum Gasteiger partial charge on any atom is 0.416 e. The molecule has 1 heterocycles. The van der Waals surface area contributed by atoms with Gasteiger partial charge in [0, 0.05) is 22.2 Å². The molecule has 0 bridgehead atoms. The van der Waals surface area contributed by atoms with Crippen molar-refractivity contribution < 1.29 is 27.5 Å². The first-order chi connectivity index (χ1) is 12.7. The van der Waals surface area contributed by atoms with Gasteiger partial charge in [0.15, 0.2) is 6.10 Å². The lowest BCUT2D eigenvalue weighted by Gasteiger charge is -2.13. The number of hydrogen-bond donors (Lipinski definition) is 1. The van der Waals surface area contributed by atoms with Crippen molar-refractivity contribution in [2.75, 3.05) is 0 Å². The van der Waals surface area contributed by atoms with Gasteiger partial charge in [-0.3, -0.25) is 4.79 Å². The molecule has 0 aliphatic rings. The average molecular weight is 375 g/mol. The Bertz CT molecular complexity index is 1000. The summed E-state index contributed by atoms with van der Waals surface area (Å²) in [6.07, 6.45) is -5.57. The molecule has 1 atom stereocenters. The third kappa shape index (κ3) is 3.72. The highest BCUT2D eigenvalue weighted by Crippen LogP contribution is 2.29. The molecule has 0 amide bonds. The van der Waals surface area contributed by atoms with E-state index in [-0.39, 0.29) is 11.3 Å². The van der Waals surface area contributed by atoms with Crippen LogP contribution in [0.4, 0.5) is 13.2 Å². The number of hydrogen-bond acceptors (Lipinski definition) is 3. The van der Waals surface area contributed by atoms with Crippen molar-refractivity contribution in [2.45, 2.75) is 26.1 Å². The fourth-order valence-electron chi connectivity index (χ4n) is 2.87. The molecule has 7 heteroatoms. The van der Waals surface area contributed by atoms with E-state index in [9.17, 15) is 22.8 Å². The molecule has 140 valence electrons. The second-order valence-electron chi connectivity index (χ2n) is 6.16. The van der Waals surface area contributed by atoms with Crippen molar-refractivity contribution >= 4 is 22.7 Å². The number of Topliss-reactive ketones (excluding diaryl/α,β-unsaturated/α-hetero) is 1. The fraction of sp³-hybridized carbons (Fsp3) is 0.200. The number of aromatic nitrogens is 1. The van der Waals surface area contributed by atoms with Gasteiger partial charge in [0.2, 0.25) is 5.78 Å². The molecule has 0 saturated heterocycles. The molecule has 1 aromatic heterocycles. The lowest BCUT2D eigenvalue weighted by Crippen LogP contribution is -2.25. The molecule has 27 heavy (non-hydrogen) atoms. The van der Waals surface area contributed by atoms with E-state index < -0.39 is 23.8 Å². The highest BCUT2D eigenvalue weighted by atomic mass is 19.4. The predicted molar refractivity (Wildman–Crippen MR) is 93.7 cm³/mol. The maximum atomic E-state index is 12.7. The van der Waals surface area contributed by atoms with Gasteiger partial charge in [-0.1, -0.05) is 18.2 Å². The number of benzene rings is 2. The van der Waals surface area contributed by atoms with E-state index in [1.807, 2.05) is 12.1 Å².